The summed E-state index contributed by atoms with van der Waals surface area (Å²) in [6, 6.07) is 4.32. The van der Waals surface area contributed by atoms with Gasteiger partial charge in [0.2, 0.25) is 5.95 Å². The summed E-state index contributed by atoms with van der Waals surface area (Å²) in [4.78, 5) is 10.8. The van der Waals surface area contributed by atoms with E-state index in [0.29, 0.717) is 6.04 Å². The monoisotopic (exact) mass is 259 g/mol. The van der Waals surface area contributed by atoms with Crippen molar-refractivity contribution in [3.05, 3.63) is 18.3 Å². The fourth-order valence-corrected chi connectivity index (χ4v) is 2.36. The number of likely N-dealkylation sites (N-methyl/N-ethyl adjacent to an activating group) is 1. The molecule has 0 bridgehead atoms. The minimum Gasteiger partial charge on any atom is -0.368 e. The van der Waals surface area contributed by atoms with Crippen molar-refractivity contribution in [3.8, 4) is 11.4 Å². The molecule has 7 heteroatoms. The van der Waals surface area contributed by atoms with Crippen molar-refractivity contribution in [2.45, 2.75) is 12.5 Å². The predicted molar refractivity (Wildman–Crippen MR) is 73.7 cm³/mol. The molecule has 3 rings (SSSR count). The molecule has 0 amide bonds. The fraction of sp³-hybridized carbons (Fsp3) is 0.417. The van der Waals surface area contributed by atoms with Crippen molar-refractivity contribution >= 4 is 11.8 Å². The van der Waals surface area contributed by atoms with Gasteiger partial charge in [-0.15, -0.1) is 0 Å². The molecule has 0 aliphatic carbocycles. The van der Waals surface area contributed by atoms with Crippen LogP contribution in [-0.2, 0) is 0 Å². The molecule has 1 aliphatic rings. The molecule has 0 spiro atoms. The van der Waals surface area contributed by atoms with E-state index in [2.05, 4.69) is 30.4 Å². The summed E-state index contributed by atoms with van der Waals surface area (Å²) < 4.78 is 0. The number of nitrogens with two attached hydrogens (primary N) is 1. The van der Waals surface area contributed by atoms with E-state index in [1.165, 1.54) is 0 Å². The number of anilines is 2. The molecule has 0 aromatic carbocycles. The van der Waals surface area contributed by atoms with Gasteiger partial charge in [-0.05, 0) is 19.5 Å². The highest BCUT2D eigenvalue weighted by atomic mass is 15.2. The van der Waals surface area contributed by atoms with Crippen LogP contribution in [0.4, 0.5) is 11.8 Å². The molecule has 0 radical (unpaired) electrons. The van der Waals surface area contributed by atoms with E-state index in [9.17, 15) is 0 Å². The minimum absolute atomic E-state index is 0.287. The molecule has 7 nitrogen and oxygen atoms in total. The van der Waals surface area contributed by atoms with E-state index in [0.717, 1.165) is 36.7 Å². The molecule has 1 atom stereocenters. The molecule has 1 aliphatic heterocycles. The van der Waals surface area contributed by atoms with Crippen LogP contribution in [0.1, 0.15) is 6.42 Å². The zero-order chi connectivity index (χ0) is 13.2. The maximum absolute atomic E-state index is 5.80. The Morgan fingerprint density at radius 1 is 1.47 bits per heavy atom. The molecule has 0 saturated carbocycles. The molecule has 1 unspecified atom stereocenters. The normalized spacial score (nSPS) is 19.0. The van der Waals surface area contributed by atoms with Crippen molar-refractivity contribution in [1.82, 2.24) is 25.5 Å². The number of nitrogen functional groups attached to an aromatic ring is 1. The van der Waals surface area contributed by atoms with Crippen LogP contribution in [-0.4, -0.2) is 46.3 Å². The van der Waals surface area contributed by atoms with Crippen molar-refractivity contribution in [2.75, 3.05) is 30.8 Å². The maximum Gasteiger partial charge on any atom is 0.222 e. The minimum atomic E-state index is 0.287. The highest BCUT2D eigenvalue weighted by Crippen LogP contribution is 2.23. The maximum atomic E-state index is 5.80. The second-order valence-corrected chi connectivity index (χ2v) is 4.66. The van der Waals surface area contributed by atoms with Gasteiger partial charge < -0.3 is 16.0 Å². The summed E-state index contributed by atoms with van der Waals surface area (Å²) >= 11 is 0. The molecule has 1 fully saturated rings. The van der Waals surface area contributed by atoms with Gasteiger partial charge in [-0.25, -0.2) is 4.98 Å². The number of nitrogens with one attached hydrogen (secondary N) is 2. The number of nitrogens with zero attached hydrogens (tertiary/aromatic N) is 4. The predicted octanol–water partition coefficient (Wildman–Crippen LogP) is 0.247. The van der Waals surface area contributed by atoms with Crippen LogP contribution in [0.5, 0.6) is 0 Å². The summed E-state index contributed by atoms with van der Waals surface area (Å²) in [5.74, 6) is 1.16. The highest BCUT2D eigenvalue weighted by Gasteiger charge is 2.23. The lowest BCUT2D eigenvalue weighted by Crippen LogP contribution is -2.30. The largest absolute Gasteiger partial charge is 0.368 e. The number of hydrogen-bond acceptors (Lipinski definition) is 6. The SMILES string of the molecule is CNC1CCN(c2cc(-c3ccn[nH]3)nc(N)n2)C1. The zero-order valence-electron chi connectivity index (χ0n) is 10.8. The van der Waals surface area contributed by atoms with Gasteiger partial charge in [0, 0.05) is 31.4 Å². The van der Waals surface area contributed by atoms with Crippen molar-refractivity contribution in [2.24, 2.45) is 0 Å². The zero-order valence-corrected chi connectivity index (χ0v) is 10.8. The second-order valence-electron chi connectivity index (χ2n) is 4.66. The topological polar surface area (TPSA) is 95.8 Å². The van der Waals surface area contributed by atoms with Crippen LogP contribution in [0.3, 0.4) is 0 Å². The van der Waals surface area contributed by atoms with Crippen molar-refractivity contribution < 1.29 is 0 Å². The second kappa shape index (κ2) is 4.85. The number of hydrogen-bond donors (Lipinski definition) is 3. The Kier molecular flexibility index (Phi) is 3.04. The van der Waals surface area contributed by atoms with Gasteiger partial charge in [0.15, 0.2) is 0 Å². The highest BCUT2D eigenvalue weighted by molar-refractivity contribution is 5.61. The first-order chi connectivity index (χ1) is 9.26. The van der Waals surface area contributed by atoms with E-state index < -0.39 is 0 Å². The standard InChI is InChI=1S/C12H17N7/c1-14-8-3-5-19(7-8)11-6-10(16-12(13)17-11)9-2-4-15-18-9/h2,4,6,8,14H,3,5,7H2,1H3,(H,15,18)(H2,13,16,17). The molecule has 4 N–H and O–H groups in total. The van der Waals surface area contributed by atoms with Gasteiger partial charge in [0.25, 0.3) is 0 Å². The summed E-state index contributed by atoms with van der Waals surface area (Å²) in [5, 5.41) is 10.1. The van der Waals surface area contributed by atoms with Gasteiger partial charge >= 0.3 is 0 Å². The number of aromatic nitrogens is 4. The van der Waals surface area contributed by atoms with Crippen LogP contribution in [0, 0.1) is 0 Å². The first-order valence-electron chi connectivity index (χ1n) is 6.33. The summed E-state index contributed by atoms with van der Waals surface area (Å²) in [6.07, 6.45) is 2.81. The van der Waals surface area contributed by atoms with E-state index in [4.69, 9.17) is 5.73 Å². The smallest absolute Gasteiger partial charge is 0.222 e. The fourth-order valence-electron chi connectivity index (χ4n) is 2.36. The van der Waals surface area contributed by atoms with Gasteiger partial charge in [0.05, 0.1) is 11.4 Å². The summed E-state index contributed by atoms with van der Waals surface area (Å²) in [5.41, 5.74) is 7.42. The van der Waals surface area contributed by atoms with Crippen LogP contribution in [0.2, 0.25) is 0 Å². The third-order valence-electron chi connectivity index (χ3n) is 3.43. The number of H-pyrrole nitrogens is 1. The first kappa shape index (κ1) is 11.9. The quantitative estimate of drug-likeness (QED) is 0.731. The van der Waals surface area contributed by atoms with Crippen LogP contribution in [0.25, 0.3) is 11.4 Å². The Bertz CT molecular complexity index is 551. The number of rotatable bonds is 3. The van der Waals surface area contributed by atoms with Crippen LogP contribution in [0.15, 0.2) is 18.3 Å². The summed E-state index contributed by atoms with van der Waals surface area (Å²) in [6.45, 7) is 1.92. The Morgan fingerprint density at radius 2 is 2.37 bits per heavy atom. The van der Waals surface area contributed by atoms with E-state index in [1.807, 2.05) is 19.2 Å². The average Bonchev–Trinajstić information content (AvgIpc) is 3.09. The van der Waals surface area contributed by atoms with Crippen molar-refractivity contribution in [3.63, 3.8) is 0 Å². The molecule has 1 saturated heterocycles. The molecule has 19 heavy (non-hydrogen) atoms. The summed E-state index contributed by atoms with van der Waals surface area (Å²) in [7, 11) is 1.98. The third kappa shape index (κ3) is 2.37. The Labute approximate surface area is 111 Å². The van der Waals surface area contributed by atoms with E-state index in [1.54, 1.807) is 6.20 Å². The van der Waals surface area contributed by atoms with Gasteiger partial charge in [-0.2, -0.15) is 10.1 Å². The molecule has 3 heterocycles. The number of aromatic amines is 1. The Morgan fingerprint density at radius 3 is 3.05 bits per heavy atom. The molecular formula is C12H17N7. The molecular weight excluding hydrogens is 242 g/mol. The van der Waals surface area contributed by atoms with Crippen LogP contribution >= 0.6 is 0 Å². The lowest BCUT2D eigenvalue weighted by atomic mass is 10.3. The van der Waals surface area contributed by atoms with E-state index >= 15 is 0 Å². The Hall–Kier alpha value is -2.15. The lowest BCUT2D eigenvalue weighted by Gasteiger charge is -2.18. The average molecular weight is 259 g/mol. The lowest BCUT2D eigenvalue weighted by molar-refractivity contribution is 0.616. The molecule has 2 aromatic heterocycles. The third-order valence-corrected chi connectivity index (χ3v) is 3.43. The van der Waals surface area contributed by atoms with Gasteiger partial charge in [-0.3, -0.25) is 5.10 Å². The Balaban J connectivity index is 1.90. The first-order valence-corrected chi connectivity index (χ1v) is 6.33. The molecule has 2 aromatic rings. The van der Waals surface area contributed by atoms with E-state index in [-0.39, 0.29) is 5.95 Å². The molecule has 100 valence electrons. The van der Waals surface area contributed by atoms with Gasteiger partial charge in [-0.1, -0.05) is 0 Å². The van der Waals surface area contributed by atoms with Crippen molar-refractivity contribution in [1.29, 1.82) is 0 Å². The van der Waals surface area contributed by atoms with Crippen LogP contribution < -0.4 is 16.0 Å². The van der Waals surface area contributed by atoms with Gasteiger partial charge in [0.1, 0.15) is 5.82 Å².